The summed E-state index contributed by atoms with van der Waals surface area (Å²) in [4.78, 5) is 16.8. The molecule has 0 fully saturated rings. The monoisotopic (exact) mass is 382 g/mol. The summed E-state index contributed by atoms with van der Waals surface area (Å²) in [6, 6.07) is 9.60. The van der Waals surface area contributed by atoms with Gasteiger partial charge >= 0.3 is 0 Å². The topological polar surface area (TPSA) is 69.7 Å². The van der Waals surface area contributed by atoms with E-state index in [-0.39, 0.29) is 5.91 Å². The van der Waals surface area contributed by atoms with Gasteiger partial charge in [0.05, 0.1) is 17.3 Å². The Bertz CT molecular complexity index is 1020. The molecule has 4 rings (SSSR count). The first kappa shape index (κ1) is 17.4. The van der Waals surface area contributed by atoms with Gasteiger partial charge in [-0.15, -0.1) is 0 Å². The average Bonchev–Trinajstić information content (AvgIpc) is 3.09. The molecule has 7 heteroatoms. The fourth-order valence-electron chi connectivity index (χ4n) is 2.85. The van der Waals surface area contributed by atoms with Crippen LogP contribution in [0.5, 0.6) is 17.2 Å². The van der Waals surface area contributed by atoms with Crippen LogP contribution in [0, 0.1) is 6.92 Å². The lowest BCUT2D eigenvalue weighted by atomic mass is 10.1. The molecule has 1 aliphatic heterocycles. The lowest BCUT2D eigenvalue weighted by molar-refractivity contribution is -0.111. The molecule has 1 aromatic heterocycles. The first-order chi connectivity index (χ1) is 13.1. The third-order valence-electron chi connectivity index (χ3n) is 4.13. The standard InChI is InChI=1S/C20H18N2O4S/c1-12-4-3-5-16-18(12)22-20(27-16)21-17(23)7-6-13-10-14(24-2)19-15(11-13)25-8-9-26-19/h3-7,10-11H,8-9H2,1-2H3,(H,21,22,23)/b7-6+. The van der Waals surface area contributed by atoms with Crippen LogP contribution in [-0.4, -0.2) is 31.2 Å². The van der Waals surface area contributed by atoms with Gasteiger partial charge in [-0.1, -0.05) is 23.5 Å². The molecular formula is C20H18N2O4S. The van der Waals surface area contributed by atoms with Crippen LogP contribution in [0.25, 0.3) is 16.3 Å². The second kappa shape index (κ2) is 7.28. The van der Waals surface area contributed by atoms with Gasteiger partial charge in [0.2, 0.25) is 11.7 Å². The molecule has 0 spiro atoms. The molecule has 0 bridgehead atoms. The summed E-state index contributed by atoms with van der Waals surface area (Å²) in [6.45, 7) is 2.98. The molecule has 138 valence electrons. The molecule has 0 unspecified atom stereocenters. The number of hydrogen-bond acceptors (Lipinski definition) is 6. The van der Waals surface area contributed by atoms with Crippen molar-refractivity contribution in [1.29, 1.82) is 0 Å². The Labute approximate surface area is 160 Å². The van der Waals surface area contributed by atoms with Gasteiger partial charge in [-0.2, -0.15) is 0 Å². The number of thiazole rings is 1. The fourth-order valence-corrected chi connectivity index (χ4v) is 3.80. The Hall–Kier alpha value is -3.06. The third-order valence-corrected chi connectivity index (χ3v) is 5.06. The maximum absolute atomic E-state index is 12.3. The summed E-state index contributed by atoms with van der Waals surface area (Å²) in [5, 5.41) is 3.39. The van der Waals surface area contributed by atoms with E-state index in [9.17, 15) is 4.79 Å². The molecule has 3 aromatic rings. The lowest BCUT2D eigenvalue weighted by Gasteiger charge is -2.20. The minimum atomic E-state index is -0.249. The van der Waals surface area contributed by atoms with Gasteiger partial charge in [0.1, 0.15) is 13.2 Å². The van der Waals surface area contributed by atoms with Crippen LogP contribution in [0.3, 0.4) is 0 Å². The van der Waals surface area contributed by atoms with E-state index in [1.54, 1.807) is 19.3 Å². The van der Waals surface area contributed by atoms with Crippen molar-refractivity contribution in [2.24, 2.45) is 0 Å². The Morgan fingerprint density at radius 2 is 2.15 bits per heavy atom. The molecule has 2 aromatic carbocycles. The third kappa shape index (κ3) is 3.59. The van der Waals surface area contributed by atoms with Gasteiger partial charge in [-0.3, -0.25) is 10.1 Å². The summed E-state index contributed by atoms with van der Waals surface area (Å²) >= 11 is 1.45. The second-order valence-electron chi connectivity index (χ2n) is 6.01. The largest absolute Gasteiger partial charge is 0.493 e. The van der Waals surface area contributed by atoms with Crippen LogP contribution in [0.1, 0.15) is 11.1 Å². The molecule has 0 saturated heterocycles. The van der Waals surface area contributed by atoms with E-state index in [0.717, 1.165) is 21.3 Å². The maximum Gasteiger partial charge on any atom is 0.250 e. The predicted octanol–water partition coefficient (Wildman–Crippen LogP) is 4.04. The Morgan fingerprint density at radius 3 is 2.96 bits per heavy atom. The molecule has 6 nitrogen and oxygen atoms in total. The SMILES string of the molecule is COc1cc(/C=C/C(=O)Nc2nc3c(C)cccc3s2)cc2c1OCCO2. The van der Waals surface area contributed by atoms with Crippen molar-refractivity contribution in [2.75, 3.05) is 25.6 Å². The summed E-state index contributed by atoms with van der Waals surface area (Å²) in [5.74, 6) is 1.53. The molecule has 27 heavy (non-hydrogen) atoms. The van der Waals surface area contributed by atoms with Crippen LogP contribution in [-0.2, 0) is 4.79 Å². The zero-order valence-electron chi connectivity index (χ0n) is 14.9. The normalized spacial score (nSPS) is 13.1. The number of amides is 1. The van der Waals surface area contributed by atoms with Crippen LogP contribution in [0.2, 0.25) is 0 Å². The van der Waals surface area contributed by atoms with Gasteiger partial charge in [0, 0.05) is 6.08 Å². The van der Waals surface area contributed by atoms with E-state index in [2.05, 4.69) is 10.3 Å². The van der Waals surface area contributed by atoms with Crippen molar-refractivity contribution < 1.29 is 19.0 Å². The van der Waals surface area contributed by atoms with Gasteiger partial charge in [0.15, 0.2) is 16.6 Å². The molecule has 1 amide bonds. The van der Waals surface area contributed by atoms with Gasteiger partial charge in [-0.05, 0) is 42.3 Å². The van der Waals surface area contributed by atoms with Crippen molar-refractivity contribution >= 4 is 38.7 Å². The summed E-state index contributed by atoms with van der Waals surface area (Å²) in [7, 11) is 1.57. The molecule has 2 heterocycles. The number of carbonyl (C=O) groups excluding carboxylic acids is 1. The number of ether oxygens (including phenoxy) is 3. The zero-order chi connectivity index (χ0) is 18.8. The average molecular weight is 382 g/mol. The lowest BCUT2D eigenvalue weighted by Crippen LogP contribution is -2.16. The second-order valence-corrected chi connectivity index (χ2v) is 7.04. The Balaban J connectivity index is 1.52. The van der Waals surface area contributed by atoms with Crippen LogP contribution in [0.4, 0.5) is 5.13 Å². The molecule has 0 aliphatic carbocycles. The van der Waals surface area contributed by atoms with E-state index >= 15 is 0 Å². The first-order valence-electron chi connectivity index (χ1n) is 8.47. The molecular weight excluding hydrogens is 364 g/mol. The number of aromatic nitrogens is 1. The van der Waals surface area contributed by atoms with Crippen molar-refractivity contribution in [2.45, 2.75) is 6.92 Å². The van der Waals surface area contributed by atoms with Gasteiger partial charge in [-0.25, -0.2) is 4.98 Å². The van der Waals surface area contributed by atoms with Crippen molar-refractivity contribution in [3.8, 4) is 17.2 Å². The number of benzene rings is 2. The molecule has 0 atom stereocenters. The Kier molecular flexibility index (Phi) is 4.68. The number of aryl methyl sites for hydroxylation is 1. The van der Waals surface area contributed by atoms with E-state index < -0.39 is 0 Å². The molecule has 1 N–H and O–H groups in total. The van der Waals surface area contributed by atoms with Crippen molar-refractivity contribution in [3.63, 3.8) is 0 Å². The number of rotatable bonds is 4. The number of carbonyl (C=O) groups is 1. The van der Waals surface area contributed by atoms with Crippen LogP contribution >= 0.6 is 11.3 Å². The van der Waals surface area contributed by atoms with E-state index in [0.29, 0.717) is 35.6 Å². The molecule has 0 radical (unpaired) electrons. The minimum absolute atomic E-state index is 0.249. The fraction of sp³-hybridized carbons (Fsp3) is 0.200. The number of nitrogens with zero attached hydrogens (tertiary/aromatic N) is 1. The number of para-hydroxylation sites is 1. The highest BCUT2D eigenvalue weighted by molar-refractivity contribution is 7.22. The van der Waals surface area contributed by atoms with Gasteiger partial charge < -0.3 is 14.2 Å². The highest BCUT2D eigenvalue weighted by Crippen LogP contribution is 2.40. The van der Waals surface area contributed by atoms with Gasteiger partial charge in [0.25, 0.3) is 0 Å². The molecule has 0 saturated carbocycles. The van der Waals surface area contributed by atoms with E-state index in [1.807, 2.05) is 31.2 Å². The zero-order valence-corrected chi connectivity index (χ0v) is 15.8. The first-order valence-corrected chi connectivity index (χ1v) is 9.28. The van der Waals surface area contributed by atoms with E-state index in [4.69, 9.17) is 14.2 Å². The van der Waals surface area contributed by atoms with Crippen LogP contribution < -0.4 is 19.5 Å². The minimum Gasteiger partial charge on any atom is -0.493 e. The highest BCUT2D eigenvalue weighted by Gasteiger charge is 2.17. The quantitative estimate of drug-likeness (QED) is 0.690. The predicted molar refractivity (Wildman–Crippen MR) is 106 cm³/mol. The number of fused-ring (bicyclic) bond motifs is 2. The molecule has 1 aliphatic rings. The summed E-state index contributed by atoms with van der Waals surface area (Å²) < 4.78 is 17.6. The van der Waals surface area contributed by atoms with E-state index in [1.165, 1.54) is 17.4 Å². The van der Waals surface area contributed by atoms with Crippen molar-refractivity contribution in [3.05, 3.63) is 47.5 Å². The number of hydrogen-bond donors (Lipinski definition) is 1. The Morgan fingerprint density at radius 1 is 1.30 bits per heavy atom. The smallest absolute Gasteiger partial charge is 0.250 e. The highest BCUT2D eigenvalue weighted by atomic mass is 32.1. The summed E-state index contributed by atoms with van der Waals surface area (Å²) in [6.07, 6.45) is 3.17. The number of methoxy groups -OCH3 is 1. The maximum atomic E-state index is 12.3. The number of nitrogens with one attached hydrogen (secondary N) is 1. The number of anilines is 1. The van der Waals surface area contributed by atoms with Crippen molar-refractivity contribution in [1.82, 2.24) is 4.98 Å². The van der Waals surface area contributed by atoms with Crippen LogP contribution in [0.15, 0.2) is 36.4 Å². The summed E-state index contributed by atoms with van der Waals surface area (Å²) in [5.41, 5.74) is 2.79.